The Morgan fingerprint density at radius 3 is 2.91 bits per heavy atom. The third kappa shape index (κ3) is 5.01. The molecule has 0 fully saturated rings. The molecule has 124 valence electrons. The molecule has 0 spiro atoms. The molecule has 0 bridgehead atoms. The number of carbonyl (C=O) groups is 1. The Kier molecular flexibility index (Phi) is 6.49. The summed E-state index contributed by atoms with van der Waals surface area (Å²) in [5.41, 5.74) is 7.03. The molecule has 1 atom stereocenters. The van der Waals surface area contributed by atoms with Crippen LogP contribution in [0.25, 0.3) is 0 Å². The molecule has 1 amide bonds. The molecule has 1 aromatic carbocycles. The molecule has 0 aliphatic carbocycles. The first-order valence-electron chi connectivity index (χ1n) is 7.16. The average Bonchev–Trinajstić information content (AvgIpc) is 2.56. The van der Waals surface area contributed by atoms with Crippen LogP contribution in [0.5, 0.6) is 5.75 Å². The van der Waals surface area contributed by atoms with Crippen LogP contribution in [0.2, 0.25) is 0 Å². The molecule has 1 unspecified atom stereocenters. The number of rotatable bonds is 7. The Morgan fingerprint density at radius 1 is 1.43 bits per heavy atom. The summed E-state index contributed by atoms with van der Waals surface area (Å²) in [5.74, 6) is 0.310. The van der Waals surface area contributed by atoms with E-state index in [1.54, 1.807) is 18.2 Å². The summed E-state index contributed by atoms with van der Waals surface area (Å²) >= 11 is 3.37. The first-order chi connectivity index (χ1) is 11.1. The molecule has 7 heteroatoms. The Labute approximate surface area is 143 Å². The maximum absolute atomic E-state index is 12.6. The molecule has 6 nitrogen and oxygen atoms in total. The second kappa shape index (κ2) is 8.59. The van der Waals surface area contributed by atoms with Gasteiger partial charge in [0.05, 0.1) is 12.7 Å². The number of methoxy groups -OCH3 is 1. The van der Waals surface area contributed by atoms with Crippen molar-refractivity contribution in [1.29, 1.82) is 0 Å². The zero-order chi connectivity index (χ0) is 16.7. The minimum Gasteiger partial charge on any atom is -0.496 e. The van der Waals surface area contributed by atoms with Crippen LogP contribution >= 0.6 is 15.9 Å². The largest absolute Gasteiger partial charge is 0.496 e. The smallest absolute Gasteiger partial charge is 0.255 e. The summed E-state index contributed by atoms with van der Waals surface area (Å²) in [5, 5.41) is 2.99. The van der Waals surface area contributed by atoms with E-state index in [0.717, 1.165) is 10.0 Å². The summed E-state index contributed by atoms with van der Waals surface area (Å²) < 4.78 is 6.06. The zero-order valence-electron chi connectivity index (χ0n) is 12.8. The van der Waals surface area contributed by atoms with E-state index in [1.165, 1.54) is 19.6 Å². The number of nitrogens with one attached hydrogen (secondary N) is 1. The van der Waals surface area contributed by atoms with E-state index in [4.69, 9.17) is 15.4 Å². The van der Waals surface area contributed by atoms with Crippen LogP contribution in [0.15, 0.2) is 46.8 Å². The number of benzene rings is 1. The number of allylic oxidation sites excluding steroid dienone is 1. The molecule has 1 heterocycles. The normalized spacial score (nSPS) is 14.3. The number of nitrogens with two attached hydrogens (primary N) is 1. The molecule has 23 heavy (non-hydrogen) atoms. The molecule has 0 radical (unpaired) electrons. The molecule has 1 aromatic rings. The molecule has 0 aromatic heterocycles. The van der Waals surface area contributed by atoms with Crippen LogP contribution in [0.1, 0.15) is 23.2 Å². The maximum Gasteiger partial charge on any atom is 0.255 e. The van der Waals surface area contributed by atoms with E-state index >= 15 is 0 Å². The fourth-order valence-electron chi connectivity index (χ4n) is 2.22. The lowest BCUT2D eigenvalue weighted by atomic mass is 10.0. The highest BCUT2D eigenvalue weighted by Gasteiger charge is 2.18. The predicted octanol–water partition coefficient (Wildman–Crippen LogP) is 2.65. The quantitative estimate of drug-likeness (QED) is 0.708. The third-order valence-corrected chi connectivity index (χ3v) is 3.82. The van der Waals surface area contributed by atoms with Crippen molar-refractivity contribution in [3.05, 3.63) is 52.4 Å². The first kappa shape index (κ1) is 17.4. The van der Waals surface area contributed by atoms with Crippen molar-refractivity contribution in [2.45, 2.75) is 18.9 Å². The van der Waals surface area contributed by atoms with Crippen molar-refractivity contribution in [2.24, 2.45) is 5.73 Å². The van der Waals surface area contributed by atoms with E-state index in [-0.39, 0.29) is 11.9 Å². The molecular formula is C16H19BrN2O4. The van der Waals surface area contributed by atoms with Gasteiger partial charge in [-0.25, -0.2) is 0 Å². The van der Waals surface area contributed by atoms with E-state index in [0.29, 0.717) is 30.7 Å². The van der Waals surface area contributed by atoms with Gasteiger partial charge in [-0.05, 0) is 49.2 Å². The highest BCUT2D eigenvalue weighted by molar-refractivity contribution is 9.10. The number of amides is 1. The standard InChI is InChI=1S/C16H19BrN2O4/c1-21-15-3-2-12(17)9-14(15)16(20)19-13(4-6-18)8-11-5-7-22-23-10-11/h2-3,5,7,9-10,13H,4,6,8,18H2,1H3,(H,19,20). The number of carbonyl (C=O) groups excluding carboxylic acids is 1. The SMILES string of the molecule is COc1ccc(Br)cc1C(=O)NC(CCN)CC1=COOC=C1. The third-order valence-electron chi connectivity index (χ3n) is 3.33. The lowest BCUT2D eigenvalue weighted by Crippen LogP contribution is -2.37. The van der Waals surface area contributed by atoms with E-state index in [9.17, 15) is 4.79 Å². The van der Waals surface area contributed by atoms with Crippen LogP contribution < -0.4 is 15.8 Å². The van der Waals surface area contributed by atoms with Crippen molar-refractivity contribution in [3.63, 3.8) is 0 Å². The van der Waals surface area contributed by atoms with Gasteiger partial charge in [0.25, 0.3) is 5.91 Å². The maximum atomic E-state index is 12.6. The molecule has 0 saturated carbocycles. The lowest BCUT2D eigenvalue weighted by Gasteiger charge is -2.20. The second-order valence-electron chi connectivity index (χ2n) is 4.98. The number of halogens is 1. The fraction of sp³-hybridized carbons (Fsp3) is 0.312. The fourth-order valence-corrected chi connectivity index (χ4v) is 2.59. The topological polar surface area (TPSA) is 82.8 Å². The highest BCUT2D eigenvalue weighted by Crippen LogP contribution is 2.23. The van der Waals surface area contributed by atoms with Gasteiger partial charge in [-0.15, -0.1) is 0 Å². The minimum absolute atomic E-state index is 0.117. The Morgan fingerprint density at radius 2 is 2.26 bits per heavy atom. The molecule has 2 rings (SSSR count). The summed E-state index contributed by atoms with van der Waals surface area (Å²) in [6, 6.07) is 5.18. The van der Waals surface area contributed by atoms with Crippen molar-refractivity contribution in [1.82, 2.24) is 5.32 Å². The Hall–Kier alpha value is -1.99. The lowest BCUT2D eigenvalue weighted by molar-refractivity contribution is -0.199. The number of ether oxygens (including phenoxy) is 1. The van der Waals surface area contributed by atoms with Crippen LogP contribution in [-0.4, -0.2) is 25.6 Å². The zero-order valence-corrected chi connectivity index (χ0v) is 14.3. The molecule has 1 aliphatic rings. The van der Waals surface area contributed by atoms with Gasteiger partial charge >= 0.3 is 0 Å². The van der Waals surface area contributed by atoms with E-state index < -0.39 is 0 Å². The number of hydrogen-bond donors (Lipinski definition) is 2. The monoisotopic (exact) mass is 382 g/mol. The first-order valence-corrected chi connectivity index (χ1v) is 7.95. The van der Waals surface area contributed by atoms with Gasteiger partial charge in [-0.2, -0.15) is 0 Å². The molecular weight excluding hydrogens is 364 g/mol. The van der Waals surface area contributed by atoms with Gasteiger partial charge in [-0.1, -0.05) is 15.9 Å². The van der Waals surface area contributed by atoms with Gasteiger partial charge < -0.3 is 15.8 Å². The average molecular weight is 383 g/mol. The Balaban J connectivity index is 2.09. The van der Waals surface area contributed by atoms with Crippen LogP contribution in [0.3, 0.4) is 0 Å². The van der Waals surface area contributed by atoms with Gasteiger partial charge in [0.15, 0.2) is 0 Å². The van der Waals surface area contributed by atoms with Crippen molar-refractivity contribution < 1.29 is 19.3 Å². The highest BCUT2D eigenvalue weighted by atomic mass is 79.9. The second-order valence-corrected chi connectivity index (χ2v) is 5.90. The summed E-state index contributed by atoms with van der Waals surface area (Å²) in [4.78, 5) is 22.0. The summed E-state index contributed by atoms with van der Waals surface area (Å²) in [6.45, 7) is 0.467. The van der Waals surface area contributed by atoms with Crippen molar-refractivity contribution >= 4 is 21.8 Å². The van der Waals surface area contributed by atoms with Gasteiger partial charge in [-0.3, -0.25) is 14.6 Å². The van der Waals surface area contributed by atoms with Crippen LogP contribution in [0.4, 0.5) is 0 Å². The summed E-state index contributed by atoms with van der Waals surface area (Å²) in [7, 11) is 1.53. The van der Waals surface area contributed by atoms with Crippen LogP contribution in [-0.2, 0) is 9.78 Å². The Bertz CT molecular complexity index is 616. The molecule has 1 aliphatic heterocycles. The summed E-state index contributed by atoms with van der Waals surface area (Å²) in [6.07, 6.45) is 6.00. The van der Waals surface area contributed by atoms with Crippen molar-refractivity contribution in [2.75, 3.05) is 13.7 Å². The van der Waals surface area contributed by atoms with Crippen LogP contribution in [0, 0.1) is 0 Å². The van der Waals surface area contributed by atoms with Gasteiger partial charge in [0.2, 0.25) is 0 Å². The van der Waals surface area contributed by atoms with Crippen molar-refractivity contribution in [3.8, 4) is 5.75 Å². The van der Waals surface area contributed by atoms with E-state index in [2.05, 4.69) is 26.1 Å². The number of hydrogen-bond acceptors (Lipinski definition) is 5. The minimum atomic E-state index is -0.209. The van der Waals surface area contributed by atoms with Gasteiger partial charge in [0, 0.05) is 10.5 Å². The molecule has 3 N–H and O–H groups in total. The van der Waals surface area contributed by atoms with Gasteiger partial charge in [0.1, 0.15) is 18.3 Å². The predicted molar refractivity (Wildman–Crippen MR) is 89.6 cm³/mol. The van der Waals surface area contributed by atoms with E-state index in [1.807, 2.05) is 6.07 Å². The molecule has 0 saturated heterocycles.